The Morgan fingerprint density at radius 3 is 2.62 bits per heavy atom. The van der Waals surface area contributed by atoms with Gasteiger partial charge in [0.15, 0.2) is 0 Å². The van der Waals surface area contributed by atoms with Gasteiger partial charge in [-0.1, -0.05) is 36.3 Å². The van der Waals surface area contributed by atoms with Crippen molar-refractivity contribution in [2.75, 3.05) is 11.9 Å². The number of para-hydroxylation sites is 1. The second-order valence-electron chi connectivity index (χ2n) is 5.51. The quantitative estimate of drug-likeness (QED) is 0.716. The van der Waals surface area contributed by atoms with Crippen LogP contribution in [0.1, 0.15) is 17.7 Å². The molecule has 0 saturated carbocycles. The van der Waals surface area contributed by atoms with Crippen molar-refractivity contribution < 1.29 is 9.53 Å². The number of hydrogen-bond donors (Lipinski definition) is 1. The average Bonchev–Trinajstić information content (AvgIpc) is 2.68. The molecule has 0 bridgehead atoms. The van der Waals surface area contributed by atoms with E-state index in [2.05, 4.69) is 22.1 Å². The monoisotopic (exact) mass is 342 g/mol. The molecule has 2 aromatic carbocycles. The summed E-state index contributed by atoms with van der Waals surface area (Å²) in [6.07, 6.45) is 1.98. The van der Waals surface area contributed by atoms with Crippen LogP contribution in [-0.4, -0.2) is 17.5 Å². The second-order valence-corrected chi connectivity index (χ2v) is 5.51. The highest BCUT2D eigenvalue weighted by Gasteiger charge is 2.03. The van der Waals surface area contributed by atoms with Gasteiger partial charge in [0.05, 0.1) is 13.0 Å². The topological polar surface area (TPSA) is 51.2 Å². The molecule has 0 saturated heterocycles. The molecule has 0 spiro atoms. The van der Waals surface area contributed by atoms with Gasteiger partial charge in [-0.3, -0.25) is 4.79 Å². The highest BCUT2D eigenvalue weighted by atomic mass is 16.5. The molecule has 1 N–H and O–H groups in total. The Morgan fingerprint density at radius 1 is 0.962 bits per heavy atom. The van der Waals surface area contributed by atoms with Crippen LogP contribution in [0.5, 0.6) is 5.75 Å². The lowest BCUT2D eigenvalue weighted by Crippen LogP contribution is -2.15. The Labute approximate surface area is 152 Å². The summed E-state index contributed by atoms with van der Waals surface area (Å²) in [5.74, 6) is 6.71. The van der Waals surface area contributed by atoms with Gasteiger partial charge in [0, 0.05) is 17.4 Å². The highest BCUT2D eigenvalue weighted by Crippen LogP contribution is 2.11. The first-order chi connectivity index (χ1) is 12.8. The van der Waals surface area contributed by atoms with Gasteiger partial charge in [-0.2, -0.15) is 0 Å². The van der Waals surface area contributed by atoms with Crippen LogP contribution < -0.4 is 10.1 Å². The van der Waals surface area contributed by atoms with Gasteiger partial charge in [-0.25, -0.2) is 4.98 Å². The molecule has 0 atom stereocenters. The number of amides is 1. The molecular formula is C22H18N2O2. The number of nitrogens with one attached hydrogen (secondary N) is 1. The number of aromatic nitrogens is 1. The summed E-state index contributed by atoms with van der Waals surface area (Å²) in [5, 5.41) is 2.86. The van der Waals surface area contributed by atoms with E-state index in [1.165, 1.54) is 0 Å². The minimum atomic E-state index is -0.101. The molecule has 1 amide bonds. The molecule has 1 heterocycles. The first kappa shape index (κ1) is 17.2. The SMILES string of the molecule is O=C(CCOc1ccccc1)Nc1cccc(C#Cc2ccccn2)c1. The molecular weight excluding hydrogens is 324 g/mol. The van der Waals surface area contributed by atoms with Crippen LogP contribution in [0.25, 0.3) is 0 Å². The van der Waals surface area contributed by atoms with E-state index in [4.69, 9.17) is 4.74 Å². The Hall–Kier alpha value is -3.58. The molecule has 0 aliphatic carbocycles. The minimum Gasteiger partial charge on any atom is -0.493 e. The summed E-state index contributed by atoms with van der Waals surface area (Å²) in [5.41, 5.74) is 2.23. The van der Waals surface area contributed by atoms with Gasteiger partial charge < -0.3 is 10.1 Å². The number of nitrogens with zero attached hydrogens (tertiary/aromatic N) is 1. The predicted octanol–water partition coefficient (Wildman–Crippen LogP) is 3.89. The van der Waals surface area contributed by atoms with Gasteiger partial charge in [-0.05, 0) is 48.4 Å². The maximum atomic E-state index is 12.1. The van der Waals surface area contributed by atoms with Crippen LogP contribution in [0.15, 0.2) is 79.0 Å². The number of anilines is 1. The standard InChI is InChI=1S/C22H18N2O2/c25-22(14-16-26-21-10-2-1-3-11-21)24-20-9-6-7-18(17-20)12-13-19-8-4-5-15-23-19/h1-11,15,17H,14,16H2,(H,24,25). The largest absolute Gasteiger partial charge is 0.493 e. The lowest BCUT2D eigenvalue weighted by atomic mass is 10.2. The molecule has 1 aromatic heterocycles. The van der Waals surface area contributed by atoms with Crippen LogP contribution in [0.2, 0.25) is 0 Å². The molecule has 4 nitrogen and oxygen atoms in total. The van der Waals surface area contributed by atoms with E-state index in [0.29, 0.717) is 18.0 Å². The molecule has 0 aliphatic rings. The first-order valence-corrected chi connectivity index (χ1v) is 8.30. The van der Waals surface area contributed by atoms with E-state index in [1.54, 1.807) is 6.20 Å². The number of pyridine rings is 1. The van der Waals surface area contributed by atoms with Crippen LogP contribution in [-0.2, 0) is 4.79 Å². The Kier molecular flexibility index (Phi) is 6.00. The van der Waals surface area contributed by atoms with E-state index in [-0.39, 0.29) is 12.3 Å². The summed E-state index contributed by atoms with van der Waals surface area (Å²) in [6.45, 7) is 0.328. The third kappa shape index (κ3) is 5.50. The van der Waals surface area contributed by atoms with Crippen LogP contribution in [0.3, 0.4) is 0 Å². The number of ether oxygens (including phenoxy) is 1. The molecule has 0 fully saturated rings. The highest BCUT2D eigenvalue weighted by molar-refractivity contribution is 5.90. The first-order valence-electron chi connectivity index (χ1n) is 8.30. The minimum absolute atomic E-state index is 0.101. The molecule has 128 valence electrons. The van der Waals surface area contributed by atoms with E-state index < -0.39 is 0 Å². The molecule has 4 heteroatoms. The van der Waals surface area contributed by atoms with Crippen molar-refractivity contribution in [3.63, 3.8) is 0 Å². The van der Waals surface area contributed by atoms with Crippen LogP contribution >= 0.6 is 0 Å². The molecule has 3 rings (SSSR count). The van der Waals surface area contributed by atoms with Crippen LogP contribution in [0.4, 0.5) is 5.69 Å². The van der Waals surface area contributed by atoms with Gasteiger partial charge >= 0.3 is 0 Å². The van der Waals surface area contributed by atoms with Crippen molar-refractivity contribution in [1.29, 1.82) is 0 Å². The molecule has 0 unspecified atom stereocenters. The molecule has 3 aromatic rings. The summed E-state index contributed by atoms with van der Waals surface area (Å²) in [4.78, 5) is 16.2. The van der Waals surface area contributed by atoms with E-state index >= 15 is 0 Å². The van der Waals surface area contributed by atoms with Crippen molar-refractivity contribution in [3.8, 4) is 17.6 Å². The number of hydrogen-bond acceptors (Lipinski definition) is 3. The summed E-state index contributed by atoms with van der Waals surface area (Å²) < 4.78 is 5.54. The van der Waals surface area contributed by atoms with Crippen molar-refractivity contribution in [2.24, 2.45) is 0 Å². The Morgan fingerprint density at radius 2 is 1.81 bits per heavy atom. The van der Waals surface area contributed by atoms with E-state index in [1.807, 2.05) is 72.8 Å². The van der Waals surface area contributed by atoms with Gasteiger partial charge in [-0.15, -0.1) is 0 Å². The fourth-order valence-corrected chi connectivity index (χ4v) is 2.25. The molecule has 0 aliphatic heterocycles. The predicted molar refractivity (Wildman–Crippen MR) is 102 cm³/mol. The van der Waals surface area contributed by atoms with E-state index in [0.717, 1.165) is 11.3 Å². The maximum absolute atomic E-state index is 12.1. The van der Waals surface area contributed by atoms with Gasteiger partial charge in [0.25, 0.3) is 0 Å². The van der Waals surface area contributed by atoms with E-state index in [9.17, 15) is 4.79 Å². The number of carbonyl (C=O) groups is 1. The zero-order chi connectivity index (χ0) is 18.0. The summed E-state index contributed by atoms with van der Waals surface area (Å²) in [6, 6.07) is 22.5. The zero-order valence-electron chi connectivity index (χ0n) is 14.2. The lowest BCUT2D eigenvalue weighted by molar-refractivity contribution is -0.116. The third-order valence-corrected chi connectivity index (χ3v) is 3.49. The molecule has 0 radical (unpaired) electrons. The summed E-state index contributed by atoms with van der Waals surface area (Å²) in [7, 11) is 0. The van der Waals surface area contributed by atoms with Crippen molar-refractivity contribution in [2.45, 2.75) is 6.42 Å². The van der Waals surface area contributed by atoms with Gasteiger partial charge in [0.1, 0.15) is 11.4 Å². The average molecular weight is 342 g/mol. The summed E-state index contributed by atoms with van der Waals surface area (Å²) >= 11 is 0. The van der Waals surface area contributed by atoms with Crippen LogP contribution in [0, 0.1) is 11.8 Å². The van der Waals surface area contributed by atoms with Crippen molar-refractivity contribution >= 4 is 11.6 Å². The zero-order valence-corrected chi connectivity index (χ0v) is 14.2. The normalized spacial score (nSPS) is 9.69. The van der Waals surface area contributed by atoms with Gasteiger partial charge in [0.2, 0.25) is 5.91 Å². The second kappa shape index (κ2) is 9.05. The fraction of sp³-hybridized carbons (Fsp3) is 0.0909. The smallest absolute Gasteiger partial charge is 0.227 e. The van der Waals surface area contributed by atoms with Crippen molar-refractivity contribution in [1.82, 2.24) is 4.98 Å². The fourth-order valence-electron chi connectivity index (χ4n) is 2.25. The maximum Gasteiger partial charge on any atom is 0.227 e. The Balaban J connectivity index is 1.53. The van der Waals surface area contributed by atoms with Crippen molar-refractivity contribution in [3.05, 3.63) is 90.3 Å². The number of benzene rings is 2. The number of carbonyl (C=O) groups excluding carboxylic acids is 1. The Bertz CT molecular complexity index is 913. The number of rotatable bonds is 5. The molecule has 26 heavy (non-hydrogen) atoms. The lowest BCUT2D eigenvalue weighted by Gasteiger charge is -2.07. The third-order valence-electron chi connectivity index (χ3n) is 3.49.